The molecule has 258 valence electrons. The molecule has 0 saturated carbocycles. The van der Waals surface area contributed by atoms with E-state index >= 15 is 0 Å². The van der Waals surface area contributed by atoms with Crippen molar-refractivity contribution in [2.45, 2.75) is 0 Å². The molecule has 4 heteroatoms. The lowest BCUT2D eigenvalue weighted by molar-refractivity contribution is 1.06. The molecule has 0 aliphatic heterocycles. The summed E-state index contributed by atoms with van der Waals surface area (Å²) < 4.78 is 79.7. The number of para-hydroxylation sites is 2. The zero-order chi connectivity index (χ0) is 44.4. The van der Waals surface area contributed by atoms with E-state index in [4.69, 9.17) is 25.9 Å². The van der Waals surface area contributed by atoms with Crippen molar-refractivity contribution in [3.63, 3.8) is 0 Å². The fourth-order valence-corrected chi connectivity index (χ4v) is 7.02. The van der Waals surface area contributed by atoms with Gasteiger partial charge in [0.25, 0.3) is 0 Å². The van der Waals surface area contributed by atoms with Crippen LogP contribution in [0.15, 0.2) is 206 Å². The summed E-state index contributed by atoms with van der Waals surface area (Å²) in [5.41, 5.74) is 7.76. The van der Waals surface area contributed by atoms with Crippen molar-refractivity contribution in [3.8, 4) is 73.2 Å². The number of hydrogen-bond donors (Lipinski definition) is 0. The molecule has 0 aliphatic carbocycles. The molecule has 10 rings (SSSR count). The van der Waals surface area contributed by atoms with Gasteiger partial charge < -0.3 is 4.57 Å². The maximum atomic E-state index is 9.26. The average molecular weight is 712 g/mol. The molecule has 0 N–H and O–H groups in total. The Balaban J connectivity index is 1.20. The lowest BCUT2D eigenvalue weighted by Gasteiger charge is -2.15. The van der Waals surface area contributed by atoms with Crippen LogP contribution in [0.25, 0.3) is 95.0 Å². The normalized spacial score (nSPS) is 13.6. The number of aromatic nitrogens is 4. The molecule has 0 atom stereocenters. The summed E-state index contributed by atoms with van der Waals surface area (Å²) in [5.74, 6) is 1.17. The van der Waals surface area contributed by atoms with Crippen LogP contribution in [0.3, 0.4) is 0 Å². The molecule has 4 nitrogen and oxygen atoms in total. The highest BCUT2D eigenvalue weighted by Gasteiger charge is 2.19. The first-order valence-electron chi connectivity index (χ1n) is 22.3. The molecule has 10 aromatic rings. The molecule has 8 aromatic carbocycles. The lowest BCUT2D eigenvalue weighted by Crippen LogP contribution is -2.03. The minimum absolute atomic E-state index is 0.0196. The first-order valence-corrected chi connectivity index (χ1v) is 17.8. The van der Waals surface area contributed by atoms with E-state index in [0.717, 1.165) is 33.4 Å². The maximum Gasteiger partial charge on any atom is 0.166 e. The van der Waals surface area contributed by atoms with Gasteiger partial charge in [-0.25, -0.2) is 15.0 Å². The third kappa shape index (κ3) is 6.06. The van der Waals surface area contributed by atoms with E-state index in [-0.39, 0.29) is 40.6 Å². The van der Waals surface area contributed by atoms with E-state index in [1.807, 2.05) is 109 Å². The number of rotatable bonds is 7. The summed E-state index contributed by atoms with van der Waals surface area (Å²) in [6.45, 7) is 0. The fraction of sp³-hybridized carbons (Fsp3) is 0. The number of hydrogen-bond acceptors (Lipinski definition) is 3. The summed E-state index contributed by atoms with van der Waals surface area (Å²) in [5, 5.41) is 0.606. The van der Waals surface area contributed by atoms with Crippen LogP contribution < -0.4 is 0 Å². The van der Waals surface area contributed by atoms with Crippen molar-refractivity contribution < 1.29 is 12.3 Å². The summed E-state index contributed by atoms with van der Waals surface area (Å²) in [6, 6.07) is 44.9. The van der Waals surface area contributed by atoms with E-state index < -0.39 is 30.2 Å². The van der Waals surface area contributed by atoms with Crippen molar-refractivity contribution in [1.82, 2.24) is 19.5 Å². The van der Waals surface area contributed by atoms with Crippen LogP contribution in [0.2, 0.25) is 0 Å². The zero-order valence-electron chi connectivity index (χ0n) is 38.2. The summed E-state index contributed by atoms with van der Waals surface area (Å²) in [6.07, 6.45) is 0. The number of fused-ring (bicyclic) bond motifs is 3. The predicted octanol–water partition coefficient (Wildman–Crippen LogP) is 13.0. The van der Waals surface area contributed by atoms with Gasteiger partial charge in [-0.3, -0.25) is 0 Å². The Labute approximate surface area is 332 Å². The van der Waals surface area contributed by atoms with Gasteiger partial charge in [-0.2, -0.15) is 0 Å². The van der Waals surface area contributed by atoms with Gasteiger partial charge in [0.15, 0.2) is 17.5 Å². The predicted molar refractivity (Wildman–Crippen MR) is 227 cm³/mol. The van der Waals surface area contributed by atoms with Gasteiger partial charge in [0.2, 0.25) is 0 Å². The number of benzene rings is 8. The standard InChI is InChI=1S/C51H34N4/c1-4-14-35(15-5-1)38-24-28-40(29-25-38)49-52-50(41-30-26-39(27-31-41)36-16-6-2-7-17-36)54-51(53-49)44-21-11-13-23-47(44)55-46-22-12-10-20-43(46)45-34-42(32-33-48(45)55)37-18-8-3-9-19-37/h1-34H/i3D,8D,9D,10D,12D,18D,19D,20D,22D. The fourth-order valence-electron chi connectivity index (χ4n) is 7.02. The largest absolute Gasteiger partial charge is 0.309 e. The topological polar surface area (TPSA) is 43.6 Å². The van der Waals surface area contributed by atoms with E-state index in [1.165, 1.54) is 0 Å². The van der Waals surface area contributed by atoms with Crippen LogP contribution in [0, 0.1) is 0 Å². The van der Waals surface area contributed by atoms with E-state index in [9.17, 15) is 1.37 Å². The SMILES string of the molecule is [2H]c1c([2H])c([2H])c(-c2ccc3c(c2)c2c([2H])c([2H])c([2H])c([2H])c2n3-c2ccccc2-c2nc(-c3ccc(-c4ccccc4)cc3)nc(-c3ccc(-c4ccccc4)cc3)n2)c([2H])c1[2H]. The van der Waals surface area contributed by atoms with E-state index in [1.54, 1.807) is 22.8 Å². The van der Waals surface area contributed by atoms with Gasteiger partial charge in [0.05, 0.1) is 29.1 Å². The highest BCUT2D eigenvalue weighted by Crippen LogP contribution is 2.38. The smallest absolute Gasteiger partial charge is 0.166 e. The molecule has 2 aromatic heterocycles. The van der Waals surface area contributed by atoms with Gasteiger partial charge in [0, 0.05) is 27.5 Å². The van der Waals surface area contributed by atoms with Crippen LogP contribution in [0.1, 0.15) is 12.3 Å². The van der Waals surface area contributed by atoms with Gasteiger partial charge >= 0.3 is 0 Å². The third-order valence-electron chi connectivity index (χ3n) is 9.71. The Bertz CT molecular complexity index is 3340. The maximum absolute atomic E-state index is 9.26. The van der Waals surface area contributed by atoms with E-state index in [2.05, 4.69) is 24.3 Å². The van der Waals surface area contributed by atoms with Crippen LogP contribution in [0.5, 0.6) is 0 Å². The van der Waals surface area contributed by atoms with Crippen LogP contribution in [-0.2, 0) is 0 Å². The second kappa shape index (κ2) is 13.8. The number of nitrogens with zero attached hydrogens (tertiary/aromatic N) is 4. The van der Waals surface area contributed by atoms with Crippen LogP contribution >= 0.6 is 0 Å². The van der Waals surface area contributed by atoms with E-state index in [0.29, 0.717) is 45.2 Å². The monoisotopic (exact) mass is 711 g/mol. The second-order valence-corrected chi connectivity index (χ2v) is 13.0. The molecule has 0 aliphatic rings. The molecular weight excluding hydrogens is 669 g/mol. The molecular formula is C51H34N4. The van der Waals surface area contributed by atoms with Gasteiger partial charge in [0.1, 0.15) is 0 Å². The molecule has 0 spiro atoms. The first kappa shape index (κ1) is 24.0. The van der Waals surface area contributed by atoms with Crippen molar-refractivity contribution in [3.05, 3.63) is 206 Å². The van der Waals surface area contributed by atoms with Crippen molar-refractivity contribution in [2.24, 2.45) is 0 Å². The van der Waals surface area contributed by atoms with Crippen LogP contribution in [0.4, 0.5) is 0 Å². The molecule has 0 unspecified atom stereocenters. The first-order chi connectivity index (χ1) is 31.0. The lowest BCUT2D eigenvalue weighted by atomic mass is 10.0. The highest BCUT2D eigenvalue weighted by molar-refractivity contribution is 6.11. The molecule has 0 bridgehead atoms. The molecule has 0 fully saturated rings. The summed E-state index contributed by atoms with van der Waals surface area (Å²) in [7, 11) is 0. The molecule has 55 heavy (non-hydrogen) atoms. The Morgan fingerprint density at radius 2 is 0.836 bits per heavy atom. The zero-order valence-corrected chi connectivity index (χ0v) is 29.2. The highest BCUT2D eigenvalue weighted by atomic mass is 15.1. The Kier molecular flexibility index (Phi) is 6.04. The van der Waals surface area contributed by atoms with Crippen molar-refractivity contribution >= 4 is 21.8 Å². The molecule has 0 radical (unpaired) electrons. The minimum atomic E-state index is -0.514. The second-order valence-electron chi connectivity index (χ2n) is 13.0. The average Bonchev–Trinajstić information content (AvgIpc) is 3.69. The molecule has 2 heterocycles. The Hall–Kier alpha value is -7.43. The Morgan fingerprint density at radius 3 is 1.47 bits per heavy atom. The third-order valence-corrected chi connectivity index (χ3v) is 9.71. The Morgan fingerprint density at radius 1 is 0.345 bits per heavy atom. The van der Waals surface area contributed by atoms with Crippen LogP contribution in [-0.4, -0.2) is 19.5 Å². The van der Waals surface area contributed by atoms with Crippen molar-refractivity contribution in [1.29, 1.82) is 0 Å². The van der Waals surface area contributed by atoms with Gasteiger partial charge in [-0.15, -0.1) is 0 Å². The minimum Gasteiger partial charge on any atom is -0.309 e. The molecule has 0 saturated heterocycles. The molecule has 0 amide bonds. The summed E-state index contributed by atoms with van der Waals surface area (Å²) >= 11 is 0. The summed E-state index contributed by atoms with van der Waals surface area (Å²) in [4.78, 5) is 15.2. The van der Waals surface area contributed by atoms with Crippen molar-refractivity contribution in [2.75, 3.05) is 0 Å². The van der Waals surface area contributed by atoms with Gasteiger partial charge in [-0.05, 0) is 63.7 Å². The van der Waals surface area contributed by atoms with Gasteiger partial charge in [-0.1, -0.05) is 176 Å². The quantitative estimate of drug-likeness (QED) is 0.165.